The molecule has 0 amide bonds. The summed E-state index contributed by atoms with van der Waals surface area (Å²) >= 11 is 0. The molecular weight excluding hydrogens is 222 g/mol. The zero-order chi connectivity index (χ0) is 12.4. The Bertz CT molecular complexity index is 507. The number of nitro groups is 1. The number of carbonyl (C=O) groups excluding carboxylic acids is 1. The van der Waals surface area contributed by atoms with Gasteiger partial charge in [-0.2, -0.15) is 0 Å². The van der Waals surface area contributed by atoms with E-state index in [2.05, 4.69) is 0 Å². The van der Waals surface area contributed by atoms with Crippen LogP contribution in [0.15, 0.2) is 36.1 Å². The molecule has 1 aromatic carbocycles. The second-order valence-corrected chi connectivity index (χ2v) is 3.85. The second kappa shape index (κ2) is 4.37. The molecule has 5 heteroatoms. The fraction of sp³-hybridized carbons (Fsp3) is 0.250. The van der Waals surface area contributed by atoms with E-state index in [1.54, 1.807) is 25.1 Å². The number of ether oxygens (including phenoxy) is 1. The maximum Gasteiger partial charge on any atom is 0.276 e. The molecule has 1 heterocycles. The Morgan fingerprint density at radius 3 is 2.76 bits per heavy atom. The first-order valence-corrected chi connectivity index (χ1v) is 5.19. The van der Waals surface area contributed by atoms with Crippen LogP contribution >= 0.6 is 0 Å². The molecule has 1 unspecified atom stereocenters. The molecule has 2 rings (SSSR count). The molecule has 0 spiro atoms. The Labute approximate surface area is 97.9 Å². The third-order valence-electron chi connectivity index (χ3n) is 2.56. The highest BCUT2D eigenvalue weighted by Crippen LogP contribution is 2.33. The van der Waals surface area contributed by atoms with Crippen LogP contribution in [0.2, 0.25) is 0 Å². The number of hydrogen-bond donors (Lipinski definition) is 0. The van der Waals surface area contributed by atoms with Gasteiger partial charge in [-0.1, -0.05) is 12.1 Å². The summed E-state index contributed by atoms with van der Waals surface area (Å²) in [6, 6.07) is 6.32. The number of benzene rings is 1. The maximum absolute atomic E-state index is 11.4. The van der Waals surface area contributed by atoms with Crippen molar-refractivity contribution in [2.75, 3.05) is 0 Å². The molecule has 1 aliphatic rings. The average Bonchev–Trinajstić information content (AvgIpc) is 2.27. The molecule has 0 aliphatic carbocycles. The van der Waals surface area contributed by atoms with Crippen molar-refractivity contribution in [3.05, 3.63) is 51.8 Å². The minimum absolute atomic E-state index is 0.0139. The summed E-state index contributed by atoms with van der Waals surface area (Å²) in [5, 5.41) is 10.9. The summed E-state index contributed by atoms with van der Waals surface area (Å²) in [5.41, 5.74) is 0.429. The molecule has 0 fully saturated rings. The molecule has 1 atom stereocenters. The first kappa shape index (κ1) is 11.3. The van der Waals surface area contributed by atoms with E-state index < -0.39 is 11.0 Å². The lowest BCUT2D eigenvalue weighted by Gasteiger charge is -2.22. The highest BCUT2D eigenvalue weighted by Gasteiger charge is 2.27. The first-order chi connectivity index (χ1) is 8.08. The minimum atomic E-state index is -0.561. The monoisotopic (exact) mass is 233 g/mol. The smallest absolute Gasteiger partial charge is 0.276 e. The number of allylic oxidation sites excluding steroid dienone is 2. The second-order valence-electron chi connectivity index (χ2n) is 3.85. The van der Waals surface area contributed by atoms with Gasteiger partial charge < -0.3 is 4.74 Å². The Hall–Kier alpha value is -2.17. The largest absolute Gasteiger partial charge is 0.489 e. The lowest BCUT2D eigenvalue weighted by Crippen LogP contribution is -2.15. The lowest BCUT2D eigenvalue weighted by molar-refractivity contribution is -0.386. The standard InChI is InChI=1S/C12H11NO4/c1-8-6-9(14)7-12(17-8)10-4-2-3-5-11(10)13(15)16/h2-6,12H,7H2,1H3. The molecule has 0 N–H and O–H groups in total. The highest BCUT2D eigenvalue weighted by atomic mass is 16.6. The molecule has 0 saturated carbocycles. The third-order valence-corrected chi connectivity index (χ3v) is 2.56. The lowest BCUT2D eigenvalue weighted by atomic mass is 10.00. The van der Waals surface area contributed by atoms with Crippen LogP contribution in [0.25, 0.3) is 0 Å². The Morgan fingerprint density at radius 2 is 2.12 bits per heavy atom. The predicted octanol–water partition coefficient (Wildman–Crippen LogP) is 2.53. The van der Waals surface area contributed by atoms with E-state index in [1.807, 2.05) is 0 Å². The molecule has 1 aromatic rings. The molecule has 0 aromatic heterocycles. The van der Waals surface area contributed by atoms with Gasteiger partial charge in [0.15, 0.2) is 5.78 Å². The van der Waals surface area contributed by atoms with E-state index >= 15 is 0 Å². The molecule has 88 valence electrons. The van der Waals surface area contributed by atoms with Gasteiger partial charge in [-0.05, 0) is 13.0 Å². The zero-order valence-electron chi connectivity index (χ0n) is 9.25. The van der Waals surface area contributed by atoms with Crippen molar-refractivity contribution >= 4 is 11.5 Å². The number of ketones is 1. The van der Waals surface area contributed by atoms with Crippen LogP contribution in [-0.4, -0.2) is 10.7 Å². The van der Waals surface area contributed by atoms with Crippen molar-refractivity contribution in [1.29, 1.82) is 0 Å². The van der Waals surface area contributed by atoms with Crippen LogP contribution < -0.4 is 0 Å². The number of hydrogen-bond acceptors (Lipinski definition) is 4. The van der Waals surface area contributed by atoms with Gasteiger partial charge in [0.2, 0.25) is 0 Å². The van der Waals surface area contributed by atoms with Gasteiger partial charge in [-0.25, -0.2) is 0 Å². The van der Waals surface area contributed by atoms with Gasteiger partial charge in [0.1, 0.15) is 6.10 Å². The number of nitro benzene ring substituents is 1. The van der Waals surface area contributed by atoms with Gasteiger partial charge in [0, 0.05) is 12.1 Å². The van der Waals surface area contributed by atoms with Crippen LogP contribution in [0.4, 0.5) is 5.69 Å². The zero-order valence-corrected chi connectivity index (χ0v) is 9.25. The maximum atomic E-state index is 11.4. The number of carbonyl (C=O) groups is 1. The summed E-state index contributed by atoms with van der Waals surface area (Å²) in [6.07, 6.45) is 0.988. The van der Waals surface area contributed by atoms with Gasteiger partial charge in [0.05, 0.1) is 22.7 Å². The molecule has 17 heavy (non-hydrogen) atoms. The Balaban J connectivity index is 2.38. The Kier molecular flexibility index (Phi) is 2.91. The minimum Gasteiger partial charge on any atom is -0.489 e. The van der Waals surface area contributed by atoms with Crippen LogP contribution in [0.1, 0.15) is 25.0 Å². The van der Waals surface area contributed by atoms with Gasteiger partial charge in [0.25, 0.3) is 5.69 Å². The van der Waals surface area contributed by atoms with Gasteiger partial charge in [-0.3, -0.25) is 14.9 Å². The van der Waals surface area contributed by atoms with E-state index in [-0.39, 0.29) is 17.9 Å². The summed E-state index contributed by atoms with van der Waals surface area (Å²) < 4.78 is 5.47. The first-order valence-electron chi connectivity index (χ1n) is 5.19. The third kappa shape index (κ3) is 2.33. The fourth-order valence-electron chi connectivity index (χ4n) is 1.87. The van der Waals surface area contributed by atoms with Crippen molar-refractivity contribution in [2.24, 2.45) is 0 Å². The van der Waals surface area contributed by atoms with Crippen LogP contribution in [0.5, 0.6) is 0 Å². The van der Waals surface area contributed by atoms with Crippen LogP contribution in [0.3, 0.4) is 0 Å². The van der Waals surface area contributed by atoms with E-state index in [4.69, 9.17) is 4.74 Å². The number of para-hydroxylation sites is 1. The van der Waals surface area contributed by atoms with Crippen molar-refractivity contribution in [2.45, 2.75) is 19.4 Å². The van der Waals surface area contributed by atoms with E-state index in [1.165, 1.54) is 12.1 Å². The fourth-order valence-corrected chi connectivity index (χ4v) is 1.87. The Morgan fingerprint density at radius 1 is 1.41 bits per heavy atom. The summed E-state index contributed by atoms with van der Waals surface area (Å²) in [5.74, 6) is 0.418. The molecule has 5 nitrogen and oxygen atoms in total. The van der Waals surface area contributed by atoms with Crippen LogP contribution in [0, 0.1) is 10.1 Å². The van der Waals surface area contributed by atoms with Gasteiger partial charge in [-0.15, -0.1) is 0 Å². The van der Waals surface area contributed by atoms with E-state index in [9.17, 15) is 14.9 Å². The molecule has 0 bridgehead atoms. The van der Waals surface area contributed by atoms with Crippen molar-refractivity contribution < 1.29 is 14.5 Å². The van der Waals surface area contributed by atoms with Crippen molar-refractivity contribution in [3.63, 3.8) is 0 Å². The van der Waals surface area contributed by atoms with E-state index in [0.717, 1.165) is 0 Å². The normalized spacial score (nSPS) is 19.5. The average molecular weight is 233 g/mol. The predicted molar refractivity (Wildman–Crippen MR) is 60.3 cm³/mol. The molecule has 0 radical (unpaired) electrons. The SMILES string of the molecule is CC1=CC(=O)CC(c2ccccc2[N+](=O)[O-])O1. The molecular formula is C12H11NO4. The van der Waals surface area contributed by atoms with Crippen molar-refractivity contribution in [3.8, 4) is 0 Å². The topological polar surface area (TPSA) is 69.4 Å². The van der Waals surface area contributed by atoms with E-state index in [0.29, 0.717) is 11.3 Å². The molecule has 1 aliphatic heterocycles. The molecule has 0 saturated heterocycles. The summed E-state index contributed by atoms with van der Waals surface area (Å²) in [4.78, 5) is 21.8. The quantitative estimate of drug-likeness (QED) is 0.581. The van der Waals surface area contributed by atoms with Crippen molar-refractivity contribution in [1.82, 2.24) is 0 Å². The number of rotatable bonds is 2. The van der Waals surface area contributed by atoms with Gasteiger partial charge >= 0.3 is 0 Å². The highest BCUT2D eigenvalue weighted by molar-refractivity contribution is 5.91. The summed E-state index contributed by atoms with van der Waals surface area (Å²) in [7, 11) is 0. The number of nitrogens with zero attached hydrogens (tertiary/aromatic N) is 1. The summed E-state index contributed by atoms with van der Waals surface area (Å²) in [6.45, 7) is 1.67. The van der Waals surface area contributed by atoms with Crippen LogP contribution in [-0.2, 0) is 9.53 Å².